The molecule has 0 fully saturated rings. The number of aromatic nitrogens is 1. The molecule has 0 saturated carbocycles. The molecule has 1 aromatic heterocycles. The first-order valence-corrected chi connectivity index (χ1v) is 5.88. The van der Waals surface area contributed by atoms with Crippen LogP contribution in [0.1, 0.15) is 19.1 Å². The number of hydrogen-bond acceptors (Lipinski definition) is 2. The maximum atomic E-state index is 6.08. The highest BCUT2D eigenvalue weighted by Crippen LogP contribution is 2.34. The van der Waals surface area contributed by atoms with Gasteiger partial charge in [0.05, 0.1) is 10.0 Å². The van der Waals surface area contributed by atoms with E-state index in [4.69, 9.17) is 27.7 Å². The molecule has 2 rings (SSSR count). The van der Waals surface area contributed by atoms with Gasteiger partial charge >= 0.3 is 0 Å². The lowest BCUT2D eigenvalue weighted by atomic mass is 10.1. The second kappa shape index (κ2) is 4.89. The third kappa shape index (κ3) is 2.23. The molecule has 1 aromatic carbocycles. The molecule has 0 aliphatic carbocycles. The van der Waals surface area contributed by atoms with Crippen molar-refractivity contribution in [3.05, 3.63) is 40.1 Å². The van der Waals surface area contributed by atoms with Crippen molar-refractivity contribution in [1.82, 2.24) is 5.16 Å². The highest BCUT2D eigenvalue weighted by atomic mass is 35.5. The second-order valence-electron chi connectivity index (χ2n) is 3.53. The lowest BCUT2D eigenvalue weighted by Gasteiger charge is -2.01. The Kier molecular flexibility index (Phi) is 3.52. The van der Waals surface area contributed by atoms with Crippen LogP contribution in [0.2, 0.25) is 10.0 Å². The number of rotatable bonds is 3. The Morgan fingerprint density at radius 3 is 2.56 bits per heavy atom. The van der Waals surface area contributed by atoms with Gasteiger partial charge in [-0.25, -0.2) is 0 Å². The summed E-state index contributed by atoms with van der Waals surface area (Å²) in [5.41, 5.74) is 1.43. The fraction of sp³-hybridized carbons (Fsp3) is 0.250. The standard InChI is InChI=1S/C12H11Cl2NO/c1-2-4-8-7-11(15-16-8)12-9(13)5-3-6-10(12)14/h3,5-7H,2,4H2,1H3. The third-order valence-electron chi connectivity index (χ3n) is 2.27. The largest absolute Gasteiger partial charge is 0.361 e. The Balaban J connectivity index is 2.42. The Bertz CT molecular complexity index is 473. The predicted molar refractivity (Wildman–Crippen MR) is 66.0 cm³/mol. The molecule has 0 bridgehead atoms. The Labute approximate surface area is 104 Å². The van der Waals surface area contributed by atoms with Gasteiger partial charge in [0.2, 0.25) is 0 Å². The summed E-state index contributed by atoms with van der Waals surface area (Å²) in [5, 5.41) is 5.16. The van der Waals surface area contributed by atoms with Crippen molar-refractivity contribution < 1.29 is 4.52 Å². The Hall–Kier alpha value is -0.990. The average molecular weight is 256 g/mol. The van der Waals surface area contributed by atoms with E-state index in [1.165, 1.54) is 0 Å². The molecule has 4 heteroatoms. The highest BCUT2D eigenvalue weighted by Gasteiger charge is 2.12. The van der Waals surface area contributed by atoms with Gasteiger partial charge in [-0.2, -0.15) is 0 Å². The maximum Gasteiger partial charge on any atom is 0.137 e. The van der Waals surface area contributed by atoms with Gasteiger partial charge in [0.25, 0.3) is 0 Å². The van der Waals surface area contributed by atoms with Crippen molar-refractivity contribution >= 4 is 23.2 Å². The molecule has 0 atom stereocenters. The molecule has 2 aromatic rings. The third-order valence-corrected chi connectivity index (χ3v) is 2.90. The summed E-state index contributed by atoms with van der Waals surface area (Å²) in [5.74, 6) is 0.855. The van der Waals surface area contributed by atoms with Crippen LogP contribution in [0, 0.1) is 0 Å². The van der Waals surface area contributed by atoms with E-state index in [0.29, 0.717) is 15.7 Å². The van der Waals surface area contributed by atoms with Crippen LogP contribution in [0.5, 0.6) is 0 Å². The van der Waals surface area contributed by atoms with Gasteiger partial charge in [-0.15, -0.1) is 0 Å². The van der Waals surface area contributed by atoms with E-state index in [1.807, 2.05) is 6.07 Å². The molecule has 2 nitrogen and oxygen atoms in total. The fourth-order valence-electron chi connectivity index (χ4n) is 1.54. The van der Waals surface area contributed by atoms with Crippen molar-refractivity contribution in [1.29, 1.82) is 0 Å². The van der Waals surface area contributed by atoms with Crippen molar-refractivity contribution in [3.8, 4) is 11.3 Å². The molecule has 0 saturated heterocycles. The zero-order chi connectivity index (χ0) is 11.5. The van der Waals surface area contributed by atoms with Crippen molar-refractivity contribution in [2.45, 2.75) is 19.8 Å². The molecule has 0 unspecified atom stereocenters. The van der Waals surface area contributed by atoms with Gasteiger partial charge < -0.3 is 4.52 Å². The van der Waals surface area contributed by atoms with Crippen LogP contribution in [0.4, 0.5) is 0 Å². The van der Waals surface area contributed by atoms with Crippen LogP contribution in [0.3, 0.4) is 0 Å². The SMILES string of the molecule is CCCc1cc(-c2c(Cl)cccc2Cl)no1. The fourth-order valence-corrected chi connectivity index (χ4v) is 2.13. The highest BCUT2D eigenvalue weighted by molar-refractivity contribution is 6.39. The van der Waals surface area contributed by atoms with Crippen LogP contribution in [-0.4, -0.2) is 5.16 Å². The van der Waals surface area contributed by atoms with Crippen molar-refractivity contribution in [2.24, 2.45) is 0 Å². The molecule has 1 heterocycles. The van der Waals surface area contributed by atoms with Crippen LogP contribution in [0.15, 0.2) is 28.8 Å². The monoisotopic (exact) mass is 255 g/mol. The van der Waals surface area contributed by atoms with E-state index < -0.39 is 0 Å². The van der Waals surface area contributed by atoms with Crippen LogP contribution in [-0.2, 0) is 6.42 Å². The van der Waals surface area contributed by atoms with Crippen LogP contribution >= 0.6 is 23.2 Å². The van der Waals surface area contributed by atoms with Crippen molar-refractivity contribution in [2.75, 3.05) is 0 Å². The normalized spacial score (nSPS) is 10.7. The Morgan fingerprint density at radius 1 is 1.25 bits per heavy atom. The molecule has 0 spiro atoms. The molecule has 0 aliphatic rings. The van der Waals surface area contributed by atoms with Gasteiger partial charge in [-0.3, -0.25) is 0 Å². The lowest BCUT2D eigenvalue weighted by Crippen LogP contribution is -1.80. The molecular weight excluding hydrogens is 245 g/mol. The van der Waals surface area contributed by atoms with E-state index in [-0.39, 0.29) is 0 Å². The molecule has 84 valence electrons. The minimum absolute atomic E-state index is 0.587. The summed E-state index contributed by atoms with van der Waals surface area (Å²) in [4.78, 5) is 0. The number of halogens is 2. The second-order valence-corrected chi connectivity index (χ2v) is 4.34. The van der Waals surface area contributed by atoms with Gasteiger partial charge in [-0.1, -0.05) is 41.3 Å². The molecule has 0 radical (unpaired) electrons. The predicted octanol–water partition coefficient (Wildman–Crippen LogP) is 4.60. The molecule has 0 aliphatic heterocycles. The summed E-state index contributed by atoms with van der Waals surface area (Å²) in [6, 6.07) is 7.27. The smallest absolute Gasteiger partial charge is 0.137 e. The zero-order valence-corrected chi connectivity index (χ0v) is 10.3. The molecule has 0 amide bonds. The van der Waals surface area contributed by atoms with E-state index in [2.05, 4.69) is 12.1 Å². The van der Waals surface area contributed by atoms with E-state index in [0.717, 1.165) is 24.2 Å². The van der Waals surface area contributed by atoms with Gasteiger partial charge in [0.1, 0.15) is 11.5 Å². The summed E-state index contributed by atoms with van der Waals surface area (Å²) >= 11 is 12.2. The topological polar surface area (TPSA) is 26.0 Å². The number of hydrogen-bond donors (Lipinski definition) is 0. The van der Waals surface area contributed by atoms with E-state index in [9.17, 15) is 0 Å². The summed E-state index contributed by atoms with van der Waals surface area (Å²) in [7, 11) is 0. The molecule has 0 N–H and O–H groups in total. The summed E-state index contributed by atoms with van der Waals surface area (Å²) < 4.78 is 5.20. The van der Waals surface area contributed by atoms with Crippen LogP contribution in [0.25, 0.3) is 11.3 Å². The van der Waals surface area contributed by atoms with Gasteiger partial charge in [0.15, 0.2) is 0 Å². The van der Waals surface area contributed by atoms with Gasteiger partial charge in [0, 0.05) is 18.1 Å². The average Bonchev–Trinajstić information content (AvgIpc) is 2.67. The lowest BCUT2D eigenvalue weighted by molar-refractivity contribution is 0.384. The molecule has 16 heavy (non-hydrogen) atoms. The first kappa shape index (κ1) is 11.5. The van der Waals surface area contributed by atoms with Gasteiger partial charge in [-0.05, 0) is 18.6 Å². The first-order valence-electron chi connectivity index (χ1n) is 5.12. The zero-order valence-electron chi connectivity index (χ0n) is 8.84. The quantitative estimate of drug-likeness (QED) is 0.801. The maximum absolute atomic E-state index is 6.08. The number of benzene rings is 1. The number of nitrogens with zero attached hydrogens (tertiary/aromatic N) is 1. The minimum Gasteiger partial charge on any atom is -0.361 e. The molecular formula is C12H11Cl2NO. The van der Waals surface area contributed by atoms with E-state index >= 15 is 0 Å². The van der Waals surface area contributed by atoms with E-state index in [1.54, 1.807) is 18.2 Å². The first-order chi connectivity index (χ1) is 7.72. The number of aryl methyl sites for hydroxylation is 1. The van der Waals surface area contributed by atoms with Crippen molar-refractivity contribution in [3.63, 3.8) is 0 Å². The Morgan fingerprint density at radius 2 is 1.94 bits per heavy atom. The minimum atomic E-state index is 0.587. The summed E-state index contributed by atoms with van der Waals surface area (Å²) in [6.07, 6.45) is 1.89. The summed E-state index contributed by atoms with van der Waals surface area (Å²) in [6.45, 7) is 2.09. The van der Waals surface area contributed by atoms with Crippen LogP contribution < -0.4 is 0 Å².